The third-order valence-electron chi connectivity index (χ3n) is 3.89. The highest BCUT2D eigenvalue weighted by Crippen LogP contribution is 2.42. The summed E-state index contributed by atoms with van der Waals surface area (Å²) in [6, 6.07) is 14.9. The van der Waals surface area contributed by atoms with E-state index >= 15 is 0 Å². The molecule has 2 aromatic carbocycles. The third kappa shape index (κ3) is 3.57. The minimum atomic E-state index is -0.167. The molecule has 0 atom stereocenters. The number of phenols is 2. The maximum Gasteiger partial charge on any atom is 0.115 e. The molecule has 0 aliphatic carbocycles. The van der Waals surface area contributed by atoms with E-state index in [9.17, 15) is 10.2 Å². The van der Waals surface area contributed by atoms with Gasteiger partial charge < -0.3 is 10.2 Å². The Morgan fingerprint density at radius 1 is 0.667 bits per heavy atom. The lowest BCUT2D eigenvalue weighted by Crippen LogP contribution is -2.29. The fourth-order valence-electron chi connectivity index (χ4n) is 3.09. The van der Waals surface area contributed by atoms with Crippen LogP contribution in [0.4, 0.5) is 0 Å². The SMILES string of the molecule is CC(C)(C)CC(C)(c1ccc(O)cc1)c1ccc(O)cc1. The molecule has 0 bridgehead atoms. The van der Waals surface area contributed by atoms with Gasteiger partial charge in [-0.05, 0) is 47.2 Å². The first-order chi connectivity index (χ1) is 9.71. The summed E-state index contributed by atoms with van der Waals surface area (Å²) < 4.78 is 0. The highest BCUT2D eigenvalue weighted by molar-refractivity contribution is 5.42. The van der Waals surface area contributed by atoms with Crippen molar-refractivity contribution >= 4 is 0 Å². The standard InChI is InChI=1S/C19H24O2/c1-18(2,3)13-19(4,14-5-9-16(20)10-6-14)15-7-11-17(21)12-8-15/h5-12,20-21H,13H2,1-4H3. The lowest BCUT2D eigenvalue weighted by molar-refractivity contribution is 0.299. The largest absolute Gasteiger partial charge is 0.508 e. The zero-order valence-electron chi connectivity index (χ0n) is 13.2. The minimum absolute atomic E-state index is 0.157. The van der Waals surface area contributed by atoms with Gasteiger partial charge in [0.05, 0.1) is 0 Å². The summed E-state index contributed by atoms with van der Waals surface area (Å²) in [6.45, 7) is 8.90. The van der Waals surface area contributed by atoms with Gasteiger partial charge in [0.15, 0.2) is 0 Å². The first-order valence-corrected chi connectivity index (χ1v) is 7.30. The Kier molecular flexibility index (Phi) is 3.99. The summed E-state index contributed by atoms with van der Waals surface area (Å²) in [5, 5.41) is 19.1. The van der Waals surface area contributed by atoms with Crippen molar-refractivity contribution in [1.82, 2.24) is 0 Å². The van der Waals surface area contributed by atoms with Crippen molar-refractivity contribution in [3.63, 3.8) is 0 Å². The molecule has 0 amide bonds. The molecular weight excluding hydrogens is 260 g/mol. The van der Waals surface area contributed by atoms with Crippen molar-refractivity contribution < 1.29 is 10.2 Å². The number of phenolic OH excluding ortho intramolecular Hbond substituents is 2. The van der Waals surface area contributed by atoms with Gasteiger partial charge in [0, 0.05) is 5.41 Å². The lowest BCUT2D eigenvalue weighted by Gasteiger charge is -2.37. The summed E-state index contributed by atoms with van der Waals surface area (Å²) in [7, 11) is 0. The Bertz CT molecular complexity index is 543. The van der Waals surface area contributed by atoms with E-state index in [2.05, 4.69) is 27.7 Å². The highest BCUT2D eigenvalue weighted by Gasteiger charge is 2.33. The molecule has 0 aromatic heterocycles. The topological polar surface area (TPSA) is 40.5 Å². The van der Waals surface area contributed by atoms with Crippen LogP contribution in [0.15, 0.2) is 48.5 Å². The van der Waals surface area contributed by atoms with Crippen LogP contribution in [0.25, 0.3) is 0 Å². The van der Waals surface area contributed by atoms with E-state index in [4.69, 9.17) is 0 Å². The maximum atomic E-state index is 9.53. The monoisotopic (exact) mass is 284 g/mol. The van der Waals surface area contributed by atoms with E-state index in [1.165, 1.54) is 11.1 Å². The smallest absolute Gasteiger partial charge is 0.115 e. The van der Waals surface area contributed by atoms with Crippen molar-refractivity contribution in [1.29, 1.82) is 0 Å². The average molecular weight is 284 g/mol. The van der Waals surface area contributed by atoms with Crippen LogP contribution in [0, 0.1) is 5.41 Å². The molecule has 0 heterocycles. The second kappa shape index (κ2) is 5.44. The van der Waals surface area contributed by atoms with E-state index in [1.54, 1.807) is 24.3 Å². The van der Waals surface area contributed by atoms with Crippen LogP contribution in [0.5, 0.6) is 11.5 Å². The first kappa shape index (κ1) is 15.4. The fourth-order valence-corrected chi connectivity index (χ4v) is 3.09. The first-order valence-electron chi connectivity index (χ1n) is 7.30. The Labute approximate surface area is 127 Å². The predicted molar refractivity (Wildman–Crippen MR) is 86.7 cm³/mol. The van der Waals surface area contributed by atoms with Crippen molar-refractivity contribution in [3.05, 3.63) is 59.7 Å². The molecule has 0 radical (unpaired) electrons. The van der Waals surface area contributed by atoms with Crippen LogP contribution < -0.4 is 0 Å². The van der Waals surface area contributed by atoms with E-state index in [1.807, 2.05) is 24.3 Å². The number of hydrogen-bond acceptors (Lipinski definition) is 2. The van der Waals surface area contributed by atoms with Gasteiger partial charge in [-0.25, -0.2) is 0 Å². The molecule has 0 spiro atoms. The maximum absolute atomic E-state index is 9.53. The van der Waals surface area contributed by atoms with E-state index in [-0.39, 0.29) is 22.3 Å². The molecular formula is C19H24O2. The number of benzene rings is 2. The van der Waals surface area contributed by atoms with Gasteiger partial charge in [-0.15, -0.1) is 0 Å². The third-order valence-corrected chi connectivity index (χ3v) is 3.89. The summed E-state index contributed by atoms with van der Waals surface area (Å²) in [5.74, 6) is 0.560. The molecule has 2 aromatic rings. The van der Waals surface area contributed by atoms with Crippen LogP contribution in [-0.4, -0.2) is 10.2 Å². The Morgan fingerprint density at radius 2 is 1.00 bits per heavy atom. The second-order valence-corrected chi connectivity index (χ2v) is 7.16. The van der Waals surface area contributed by atoms with Crippen molar-refractivity contribution in [2.75, 3.05) is 0 Å². The van der Waals surface area contributed by atoms with Crippen LogP contribution in [0.2, 0.25) is 0 Å². The Hall–Kier alpha value is -1.96. The van der Waals surface area contributed by atoms with Crippen LogP contribution >= 0.6 is 0 Å². The lowest BCUT2D eigenvalue weighted by atomic mass is 9.67. The van der Waals surface area contributed by atoms with E-state index in [0.717, 1.165) is 6.42 Å². The second-order valence-electron chi connectivity index (χ2n) is 7.16. The quantitative estimate of drug-likeness (QED) is 0.846. The number of hydrogen-bond donors (Lipinski definition) is 2. The van der Waals surface area contributed by atoms with Gasteiger partial charge in [0.1, 0.15) is 11.5 Å². The Balaban J connectivity index is 2.53. The van der Waals surface area contributed by atoms with Gasteiger partial charge in [-0.2, -0.15) is 0 Å². The van der Waals surface area contributed by atoms with Crippen molar-refractivity contribution in [3.8, 4) is 11.5 Å². The van der Waals surface area contributed by atoms with Gasteiger partial charge in [0.25, 0.3) is 0 Å². The molecule has 112 valence electrons. The summed E-state index contributed by atoms with van der Waals surface area (Å²) in [6.07, 6.45) is 0.968. The molecule has 2 rings (SSSR count). The van der Waals surface area contributed by atoms with Gasteiger partial charge in [-0.1, -0.05) is 52.0 Å². The van der Waals surface area contributed by atoms with Crippen molar-refractivity contribution in [2.45, 2.75) is 39.5 Å². The molecule has 2 heteroatoms. The average Bonchev–Trinajstić information content (AvgIpc) is 2.38. The minimum Gasteiger partial charge on any atom is -0.508 e. The highest BCUT2D eigenvalue weighted by atomic mass is 16.3. The fraction of sp³-hybridized carbons (Fsp3) is 0.368. The van der Waals surface area contributed by atoms with Crippen LogP contribution in [0.3, 0.4) is 0 Å². The van der Waals surface area contributed by atoms with Crippen LogP contribution in [-0.2, 0) is 5.41 Å². The normalized spacial score (nSPS) is 12.4. The summed E-state index contributed by atoms with van der Waals surface area (Å²) in [4.78, 5) is 0. The Morgan fingerprint density at radius 3 is 1.29 bits per heavy atom. The van der Waals surface area contributed by atoms with Gasteiger partial charge >= 0.3 is 0 Å². The molecule has 0 saturated heterocycles. The van der Waals surface area contributed by atoms with Crippen LogP contribution in [0.1, 0.15) is 45.2 Å². The molecule has 0 aliphatic heterocycles. The molecule has 0 aliphatic rings. The summed E-state index contributed by atoms with van der Waals surface area (Å²) in [5.41, 5.74) is 2.33. The predicted octanol–water partition coefficient (Wildman–Crippen LogP) is 4.84. The zero-order valence-corrected chi connectivity index (χ0v) is 13.2. The number of rotatable bonds is 3. The van der Waals surface area contributed by atoms with Gasteiger partial charge in [-0.3, -0.25) is 0 Å². The van der Waals surface area contributed by atoms with Crippen molar-refractivity contribution in [2.24, 2.45) is 5.41 Å². The molecule has 21 heavy (non-hydrogen) atoms. The molecule has 0 saturated carbocycles. The van der Waals surface area contributed by atoms with Gasteiger partial charge in [0.2, 0.25) is 0 Å². The summed E-state index contributed by atoms with van der Waals surface area (Å²) >= 11 is 0. The van der Waals surface area contributed by atoms with E-state index < -0.39 is 0 Å². The van der Waals surface area contributed by atoms with E-state index in [0.29, 0.717) is 0 Å². The molecule has 2 nitrogen and oxygen atoms in total. The molecule has 0 unspecified atom stereocenters. The molecule has 2 N–H and O–H groups in total. The number of aromatic hydroxyl groups is 2. The molecule has 0 fully saturated rings. The zero-order chi connectivity index (χ0) is 15.7.